The molecule has 0 amide bonds. The Bertz CT molecular complexity index is 1740. The fourth-order valence-corrected chi connectivity index (χ4v) is 9.38. The molecule has 11 atom stereocenters. The van der Waals surface area contributed by atoms with Crippen LogP contribution >= 0.6 is 0 Å². The first kappa shape index (κ1) is 74.1. The van der Waals surface area contributed by atoms with Gasteiger partial charge >= 0.3 is 0 Å². The number of phenols is 1. The lowest BCUT2D eigenvalue weighted by Gasteiger charge is -2.39. The first-order valence-corrected chi connectivity index (χ1v) is 29.2. The van der Waals surface area contributed by atoms with E-state index >= 15 is 0 Å². The number of aliphatic hydroxyl groups excluding tert-OH is 1. The number of aromatic hydroxyl groups is 1. The molecule has 1 saturated heterocycles. The van der Waals surface area contributed by atoms with E-state index in [1.54, 1.807) is 13.0 Å². The normalized spacial score (nSPS) is 20.3. The van der Waals surface area contributed by atoms with Gasteiger partial charge in [-0.25, -0.2) is 0 Å². The van der Waals surface area contributed by atoms with Crippen molar-refractivity contribution in [3.05, 3.63) is 76.9 Å². The highest BCUT2D eigenvalue weighted by atomic mass is 16.7. The smallest absolute Gasteiger partial charge is 0.164 e. The summed E-state index contributed by atoms with van der Waals surface area (Å²) in [5.74, 6) is 2.52. The molecule has 2 N–H and O–H groups in total. The maximum absolute atomic E-state index is 13.2. The molecule has 1 aromatic carbocycles. The molecule has 4 unspecified atom stereocenters. The number of aliphatic hydroxyl groups is 1. The third-order valence-corrected chi connectivity index (χ3v) is 14.9. The molecule has 1 heterocycles. The van der Waals surface area contributed by atoms with Crippen LogP contribution in [0.15, 0.2) is 65.8 Å². The van der Waals surface area contributed by atoms with E-state index in [0.29, 0.717) is 87.8 Å². The first-order valence-electron chi connectivity index (χ1n) is 29.2. The summed E-state index contributed by atoms with van der Waals surface area (Å²) >= 11 is 0. The van der Waals surface area contributed by atoms with Gasteiger partial charge in [0.25, 0.3) is 0 Å². The third kappa shape index (κ3) is 31.9. The van der Waals surface area contributed by atoms with Crippen molar-refractivity contribution in [2.24, 2.45) is 53.3 Å². The number of hydrogen-bond donors (Lipinski definition) is 2. The number of benzene rings is 1. The summed E-state index contributed by atoms with van der Waals surface area (Å²) in [5, 5.41) is 20.7. The molecule has 0 radical (unpaired) electrons. The van der Waals surface area contributed by atoms with Crippen molar-refractivity contribution in [3.63, 3.8) is 0 Å². The minimum absolute atomic E-state index is 0. The molecule has 10 nitrogen and oxygen atoms in total. The number of allylic oxidation sites excluding steroid dienone is 7. The van der Waals surface area contributed by atoms with Crippen LogP contribution in [-0.4, -0.2) is 98.5 Å². The number of hydrogen-bond acceptors (Lipinski definition) is 10. The molecule has 1 fully saturated rings. The van der Waals surface area contributed by atoms with Crippen LogP contribution in [0.3, 0.4) is 0 Å². The van der Waals surface area contributed by atoms with Gasteiger partial charge in [0.2, 0.25) is 0 Å². The molecule has 2 aliphatic rings. The Morgan fingerprint density at radius 1 is 0.853 bits per heavy atom. The largest absolute Gasteiger partial charge is 0.508 e. The number of ketones is 2. The molecule has 0 bridgehead atoms. The van der Waals surface area contributed by atoms with Gasteiger partial charge in [-0.15, -0.1) is 0 Å². The Labute approximate surface area is 466 Å². The summed E-state index contributed by atoms with van der Waals surface area (Å²) in [7, 11) is 0. The molecule has 442 valence electrons. The van der Waals surface area contributed by atoms with Gasteiger partial charge in [0.05, 0.1) is 46.4 Å². The summed E-state index contributed by atoms with van der Waals surface area (Å²) in [6.07, 6.45) is 24.0. The van der Waals surface area contributed by atoms with Gasteiger partial charge in [-0.3, -0.25) is 14.5 Å². The molecule has 0 saturated carbocycles. The molecule has 10 heteroatoms. The van der Waals surface area contributed by atoms with E-state index < -0.39 is 6.10 Å². The number of rotatable bonds is 33. The van der Waals surface area contributed by atoms with Gasteiger partial charge in [-0.1, -0.05) is 164 Å². The van der Waals surface area contributed by atoms with Crippen LogP contribution in [0.4, 0.5) is 0 Å². The molecular weight excluding hydrogens is 939 g/mol. The SMILES string of the molecule is C.CC.CC.CC/C(C)=C/[C@H](C)/C=C\[C@H](C1C=CCCC1)[C@@H](C)C[C@@H](C)C(=O)[C@H](O)C(C)/C(C)=C/[C@@H](C)C(C)=O.CCC(C)CCCOCCOCCOCN1CCCC(C)[C@H]1COCOCc1ccc(C)c(O)c1.[HH].[HH].[HH]. The van der Waals surface area contributed by atoms with Gasteiger partial charge in [0.15, 0.2) is 5.78 Å². The predicted octanol–water partition coefficient (Wildman–Crippen LogP) is 16.5. The first-order chi connectivity index (χ1) is 35.4. The topological polar surface area (TPSA) is 124 Å². The van der Waals surface area contributed by atoms with Crippen LogP contribution in [-0.2, 0) is 39.9 Å². The van der Waals surface area contributed by atoms with Crippen LogP contribution in [0.5, 0.6) is 5.75 Å². The number of phenolic OH excluding ortho intramolecular Hbond substituents is 1. The number of Topliss-reactive ketones (excluding diaryl/α,β-unsaturated/α-hetero) is 2. The average molecular weight is 1060 g/mol. The second kappa shape index (κ2) is 45.0. The van der Waals surface area contributed by atoms with Gasteiger partial charge in [-0.05, 0) is 138 Å². The van der Waals surface area contributed by atoms with Crippen LogP contribution < -0.4 is 0 Å². The van der Waals surface area contributed by atoms with E-state index in [1.807, 2.05) is 80.5 Å². The minimum Gasteiger partial charge on any atom is -0.508 e. The Morgan fingerprint density at radius 2 is 1.51 bits per heavy atom. The molecule has 1 aliphatic heterocycles. The van der Waals surface area contributed by atoms with Crippen LogP contribution in [0.2, 0.25) is 0 Å². The quantitative estimate of drug-likeness (QED) is 0.0399. The van der Waals surface area contributed by atoms with Crippen LogP contribution in [0.1, 0.15) is 198 Å². The van der Waals surface area contributed by atoms with Crippen molar-refractivity contribution in [1.29, 1.82) is 0 Å². The molecule has 0 aromatic heterocycles. The van der Waals surface area contributed by atoms with E-state index in [0.717, 1.165) is 61.5 Å². The fourth-order valence-electron chi connectivity index (χ4n) is 9.38. The lowest BCUT2D eigenvalue weighted by molar-refractivity contribution is -0.133. The molecule has 75 heavy (non-hydrogen) atoms. The number of likely N-dealkylation sites (tertiary alicyclic amines) is 1. The van der Waals surface area contributed by atoms with Crippen molar-refractivity contribution < 1.29 is 47.8 Å². The standard InChI is InChI=1S/C32H52O3.C28H49NO6.2C2H6.CH4.3H2/c1-10-21(2)18-22(3)16-17-30(29-14-12-11-13-15-29)25(6)20-26(7)31(34)32(35)27(8)23(4)19-24(5)28(9)33;1-5-23(2)8-7-13-31-14-15-32-16-17-33-21-29-12-6-9-24(3)27(29)20-35-22-34-19-26-11-10-25(4)28(30)18-26;2*1-2;;;;/h12,14,16-19,22,24-27,29-30,32,35H,10-11,13,15,20H2,1-9H3;10-11,18,23-24,27,30H,5-9,12-17,19-22H2,1-4H3;2*1-2H3;1H4;3*1H/b17-16-,21-18+,23-19+;;;;;;;/t22-,24-,25+,26-,27?,29?,30+,32-;23?,24?,27-;;;;;;/m11....../s1. The lowest BCUT2D eigenvalue weighted by atomic mass is 9.73. The highest BCUT2D eigenvalue weighted by Crippen LogP contribution is 2.35. The second-order valence-corrected chi connectivity index (χ2v) is 21.1. The molecule has 1 aliphatic carbocycles. The number of aryl methyl sites for hydroxylation is 1. The summed E-state index contributed by atoms with van der Waals surface area (Å²) in [6.45, 7) is 40.9. The number of carbonyl (C=O) groups excluding carboxylic acids is 2. The van der Waals surface area contributed by atoms with Gasteiger partial charge in [-0.2, -0.15) is 0 Å². The van der Waals surface area contributed by atoms with Crippen molar-refractivity contribution in [1.82, 2.24) is 4.90 Å². The van der Waals surface area contributed by atoms with Crippen molar-refractivity contribution in [2.45, 2.75) is 208 Å². The Balaban J connectivity index is -0.000000408. The van der Waals surface area contributed by atoms with E-state index in [-0.39, 0.29) is 47.8 Å². The predicted molar refractivity (Wildman–Crippen MR) is 323 cm³/mol. The summed E-state index contributed by atoms with van der Waals surface area (Å²) < 4.78 is 28.7. The van der Waals surface area contributed by atoms with E-state index in [4.69, 9.17) is 23.7 Å². The van der Waals surface area contributed by atoms with Crippen LogP contribution in [0.25, 0.3) is 0 Å². The average Bonchev–Trinajstić information content (AvgIpc) is 3.40. The highest BCUT2D eigenvalue weighted by molar-refractivity contribution is 5.85. The van der Waals surface area contributed by atoms with Crippen molar-refractivity contribution in [2.75, 3.05) is 59.7 Å². The number of ether oxygens (including phenoxy) is 5. The summed E-state index contributed by atoms with van der Waals surface area (Å²) in [4.78, 5) is 27.2. The van der Waals surface area contributed by atoms with Gasteiger partial charge in [0.1, 0.15) is 24.4 Å². The Kier molecular flexibility index (Phi) is 44.4. The third-order valence-electron chi connectivity index (χ3n) is 14.9. The zero-order valence-electron chi connectivity index (χ0n) is 50.4. The zero-order chi connectivity index (χ0) is 56.0. The van der Waals surface area contributed by atoms with Gasteiger partial charge < -0.3 is 33.9 Å². The van der Waals surface area contributed by atoms with E-state index in [1.165, 1.54) is 44.1 Å². The van der Waals surface area contributed by atoms with E-state index in [9.17, 15) is 19.8 Å². The number of nitrogens with zero attached hydrogens (tertiary/aromatic N) is 1. The Morgan fingerprint density at radius 3 is 2.11 bits per heavy atom. The van der Waals surface area contributed by atoms with Crippen molar-refractivity contribution >= 4 is 11.6 Å². The summed E-state index contributed by atoms with van der Waals surface area (Å²) in [6, 6.07) is 5.91. The van der Waals surface area contributed by atoms with Crippen LogP contribution in [0, 0.1) is 60.2 Å². The van der Waals surface area contributed by atoms with Crippen molar-refractivity contribution in [3.8, 4) is 5.75 Å². The molecule has 0 spiro atoms. The molecular formula is C65H123NO9. The minimum atomic E-state index is -1.04. The maximum Gasteiger partial charge on any atom is 0.164 e. The molecule has 1 aromatic rings. The number of piperidine rings is 1. The Hall–Kier alpha value is -2.96. The fraction of sp³-hybridized carbons (Fsp3) is 0.754. The lowest BCUT2D eigenvalue weighted by Crippen LogP contribution is -2.48. The van der Waals surface area contributed by atoms with E-state index in [2.05, 4.69) is 83.7 Å². The second-order valence-electron chi connectivity index (χ2n) is 21.1. The zero-order valence-corrected chi connectivity index (χ0v) is 50.4. The number of carbonyl (C=O) groups is 2. The summed E-state index contributed by atoms with van der Waals surface area (Å²) in [5.41, 5.74) is 4.11. The molecule has 3 rings (SSSR count). The maximum atomic E-state index is 13.2. The monoisotopic (exact) mass is 1060 g/mol. The highest BCUT2D eigenvalue weighted by Gasteiger charge is 2.32. The van der Waals surface area contributed by atoms with Gasteiger partial charge in [0, 0.05) is 41.2 Å².